The maximum absolute atomic E-state index is 11.8. The molecule has 0 fully saturated rings. The average Bonchev–Trinajstić information content (AvgIpc) is 2.48. The summed E-state index contributed by atoms with van der Waals surface area (Å²) >= 11 is 0. The first-order valence-corrected chi connectivity index (χ1v) is 7.30. The summed E-state index contributed by atoms with van der Waals surface area (Å²) in [6.45, 7) is 4.13. The van der Waals surface area contributed by atoms with Crippen LogP contribution in [0.3, 0.4) is 0 Å². The Morgan fingerprint density at radius 2 is 1.83 bits per heavy atom. The van der Waals surface area contributed by atoms with Crippen molar-refractivity contribution in [1.82, 2.24) is 15.3 Å². The molecule has 0 unspecified atom stereocenters. The van der Waals surface area contributed by atoms with Gasteiger partial charge in [0.05, 0.1) is 5.56 Å². The third kappa shape index (κ3) is 4.81. The van der Waals surface area contributed by atoms with Crippen molar-refractivity contribution in [1.29, 1.82) is 0 Å². The Morgan fingerprint density at radius 3 is 2.48 bits per heavy atom. The fourth-order valence-corrected chi connectivity index (χ4v) is 2.11. The molecule has 0 atom stereocenters. The number of rotatable bonds is 5. The minimum atomic E-state index is -0.563. The van der Waals surface area contributed by atoms with Gasteiger partial charge in [0.15, 0.2) is 0 Å². The summed E-state index contributed by atoms with van der Waals surface area (Å²) in [4.78, 5) is 39.1. The van der Waals surface area contributed by atoms with Crippen LogP contribution >= 0.6 is 0 Å². The van der Waals surface area contributed by atoms with Crippen molar-refractivity contribution in [3.63, 3.8) is 0 Å². The second-order valence-electron chi connectivity index (χ2n) is 5.31. The molecule has 1 aromatic carbocycles. The van der Waals surface area contributed by atoms with Gasteiger partial charge in [-0.1, -0.05) is 29.8 Å². The van der Waals surface area contributed by atoms with E-state index in [1.54, 1.807) is 6.92 Å². The van der Waals surface area contributed by atoms with Crippen molar-refractivity contribution in [2.75, 3.05) is 6.54 Å². The number of aromatic amines is 2. The summed E-state index contributed by atoms with van der Waals surface area (Å²) in [5.74, 6) is -0.290. The largest absolute Gasteiger partial charge is 0.352 e. The molecular formula is C17H19N3O3. The lowest BCUT2D eigenvalue weighted by atomic mass is 10.1. The van der Waals surface area contributed by atoms with Gasteiger partial charge in [-0.25, -0.2) is 4.79 Å². The van der Waals surface area contributed by atoms with Crippen LogP contribution in [0.5, 0.6) is 0 Å². The molecule has 1 amide bonds. The quantitative estimate of drug-likeness (QED) is 0.720. The number of carbonyl (C=O) groups is 1. The maximum Gasteiger partial charge on any atom is 0.325 e. The third-order valence-electron chi connectivity index (χ3n) is 3.41. The van der Waals surface area contributed by atoms with E-state index in [2.05, 4.69) is 15.3 Å². The Labute approximate surface area is 133 Å². The van der Waals surface area contributed by atoms with Gasteiger partial charge in [-0.15, -0.1) is 0 Å². The second kappa shape index (κ2) is 7.40. The van der Waals surface area contributed by atoms with Crippen molar-refractivity contribution >= 4 is 12.0 Å². The van der Waals surface area contributed by atoms with Gasteiger partial charge in [0.25, 0.3) is 5.56 Å². The number of amides is 1. The topological polar surface area (TPSA) is 94.8 Å². The zero-order valence-corrected chi connectivity index (χ0v) is 13.1. The highest BCUT2D eigenvalue weighted by atomic mass is 16.2. The molecule has 2 rings (SSSR count). The predicted octanol–water partition coefficient (Wildman–Crippen LogP) is 1.05. The van der Waals surface area contributed by atoms with Gasteiger partial charge >= 0.3 is 5.69 Å². The van der Waals surface area contributed by atoms with E-state index >= 15 is 0 Å². The Hall–Kier alpha value is -2.89. The van der Waals surface area contributed by atoms with Crippen LogP contribution in [-0.4, -0.2) is 22.4 Å². The fourth-order valence-electron chi connectivity index (χ4n) is 2.11. The predicted molar refractivity (Wildman–Crippen MR) is 89.3 cm³/mol. The number of aryl methyl sites for hydroxylation is 2. The zero-order valence-electron chi connectivity index (χ0n) is 13.1. The number of H-pyrrole nitrogens is 2. The van der Waals surface area contributed by atoms with Gasteiger partial charge in [0.1, 0.15) is 0 Å². The lowest BCUT2D eigenvalue weighted by molar-refractivity contribution is -0.116. The highest BCUT2D eigenvalue weighted by Gasteiger charge is 2.03. The summed E-state index contributed by atoms with van der Waals surface area (Å²) in [5, 5.41) is 2.76. The van der Waals surface area contributed by atoms with Crippen molar-refractivity contribution in [3.05, 3.63) is 73.6 Å². The molecule has 6 nitrogen and oxygen atoms in total. The lowest BCUT2D eigenvalue weighted by Gasteiger charge is -2.03. The number of benzene rings is 1. The van der Waals surface area contributed by atoms with E-state index in [0.717, 1.165) is 12.0 Å². The Morgan fingerprint density at radius 1 is 1.13 bits per heavy atom. The molecular weight excluding hydrogens is 294 g/mol. The smallest absolute Gasteiger partial charge is 0.325 e. The molecule has 0 bridgehead atoms. The number of hydrogen-bond acceptors (Lipinski definition) is 3. The molecule has 0 saturated heterocycles. The van der Waals surface area contributed by atoms with E-state index in [-0.39, 0.29) is 11.5 Å². The average molecular weight is 313 g/mol. The molecule has 0 radical (unpaired) electrons. The molecule has 0 saturated carbocycles. The first-order valence-electron chi connectivity index (χ1n) is 7.30. The van der Waals surface area contributed by atoms with Gasteiger partial charge in [-0.05, 0) is 31.9 Å². The highest BCUT2D eigenvalue weighted by Crippen LogP contribution is 2.03. The molecule has 0 aliphatic rings. The summed E-state index contributed by atoms with van der Waals surface area (Å²) in [6.07, 6.45) is 3.41. The molecule has 3 N–H and O–H groups in total. The number of hydrogen-bond donors (Lipinski definition) is 3. The summed E-state index contributed by atoms with van der Waals surface area (Å²) < 4.78 is 0. The molecule has 1 aromatic heterocycles. The van der Waals surface area contributed by atoms with Crippen LogP contribution in [0.25, 0.3) is 6.08 Å². The third-order valence-corrected chi connectivity index (χ3v) is 3.41. The van der Waals surface area contributed by atoms with Gasteiger partial charge in [0, 0.05) is 18.3 Å². The van der Waals surface area contributed by atoms with Gasteiger partial charge < -0.3 is 10.3 Å². The zero-order chi connectivity index (χ0) is 16.8. The monoisotopic (exact) mass is 313 g/mol. The molecule has 2 aromatic rings. The minimum absolute atomic E-state index is 0.262. The van der Waals surface area contributed by atoms with E-state index in [1.807, 2.05) is 31.2 Å². The number of aromatic nitrogens is 2. The summed E-state index contributed by atoms with van der Waals surface area (Å²) in [7, 11) is 0. The van der Waals surface area contributed by atoms with Crippen molar-refractivity contribution < 1.29 is 4.79 Å². The van der Waals surface area contributed by atoms with Crippen LogP contribution in [-0.2, 0) is 11.2 Å². The van der Waals surface area contributed by atoms with Crippen LogP contribution in [0, 0.1) is 13.8 Å². The summed E-state index contributed by atoms with van der Waals surface area (Å²) in [5.41, 5.74) is 1.94. The molecule has 0 aliphatic heterocycles. The fraction of sp³-hybridized carbons (Fsp3) is 0.235. The van der Waals surface area contributed by atoms with Crippen LogP contribution in [0.1, 0.15) is 22.4 Å². The first kappa shape index (κ1) is 16.5. The molecule has 0 spiro atoms. The van der Waals surface area contributed by atoms with E-state index in [4.69, 9.17) is 0 Å². The minimum Gasteiger partial charge on any atom is -0.352 e. The molecule has 6 heteroatoms. The maximum atomic E-state index is 11.8. The van der Waals surface area contributed by atoms with Crippen molar-refractivity contribution in [2.24, 2.45) is 0 Å². The molecule has 23 heavy (non-hydrogen) atoms. The summed E-state index contributed by atoms with van der Waals surface area (Å²) in [6, 6.07) is 8.12. The molecule has 120 valence electrons. The number of carbonyl (C=O) groups excluding carboxylic acids is 1. The SMILES string of the molecule is Cc1ccc(CCNC(=O)/C=C/c2c(C)[nH]c(=O)[nH]c2=O)cc1. The number of nitrogens with one attached hydrogen (secondary N) is 3. The first-order chi connectivity index (χ1) is 11.0. The standard InChI is InChI=1S/C17H19N3O3/c1-11-3-5-13(6-4-11)9-10-18-15(21)8-7-14-12(2)19-17(23)20-16(14)22/h3-8H,9-10H2,1-2H3,(H,18,21)(H2,19,20,22,23)/b8-7+. The Bertz CT molecular complexity index is 829. The second-order valence-corrected chi connectivity index (χ2v) is 5.31. The molecule has 0 aliphatic carbocycles. The van der Waals surface area contributed by atoms with Gasteiger partial charge in [-0.2, -0.15) is 0 Å². The lowest BCUT2D eigenvalue weighted by Crippen LogP contribution is -2.26. The normalized spacial score (nSPS) is 10.9. The molecule has 1 heterocycles. The van der Waals surface area contributed by atoms with E-state index in [9.17, 15) is 14.4 Å². The van der Waals surface area contributed by atoms with E-state index < -0.39 is 11.2 Å². The van der Waals surface area contributed by atoms with Crippen LogP contribution in [0.4, 0.5) is 0 Å². The van der Waals surface area contributed by atoms with E-state index in [0.29, 0.717) is 12.2 Å². The van der Waals surface area contributed by atoms with Crippen LogP contribution < -0.4 is 16.6 Å². The van der Waals surface area contributed by atoms with Gasteiger partial charge in [-0.3, -0.25) is 14.6 Å². The Kier molecular flexibility index (Phi) is 5.30. The van der Waals surface area contributed by atoms with Crippen molar-refractivity contribution in [3.8, 4) is 0 Å². The highest BCUT2D eigenvalue weighted by molar-refractivity contribution is 5.91. The Balaban J connectivity index is 1.91. The van der Waals surface area contributed by atoms with Crippen LogP contribution in [0.15, 0.2) is 39.9 Å². The van der Waals surface area contributed by atoms with Gasteiger partial charge in [0.2, 0.25) is 5.91 Å². The van der Waals surface area contributed by atoms with Crippen molar-refractivity contribution in [2.45, 2.75) is 20.3 Å². The van der Waals surface area contributed by atoms with Crippen LogP contribution in [0.2, 0.25) is 0 Å². The van der Waals surface area contributed by atoms with E-state index in [1.165, 1.54) is 17.7 Å².